The fourth-order valence-electron chi connectivity index (χ4n) is 6.11. The van der Waals surface area contributed by atoms with Gasteiger partial charge in [0, 0.05) is 40.6 Å². The summed E-state index contributed by atoms with van der Waals surface area (Å²) < 4.78 is 5.38. The summed E-state index contributed by atoms with van der Waals surface area (Å²) >= 11 is 2.46. The third-order valence-electron chi connectivity index (χ3n) is 8.87. The van der Waals surface area contributed by atoms with E-state index >= 15 is 0 Å². The molecule has 4 aromatic carbocycles. The highest BCUT2D eigenvalue weighted by Crippen LogP contribution is 2.41. The predicted molar refractivity (Wildman–Crippen MR) is 219 cm³/mol. The van der Waals surface area contributed by atoms with Crippen LogP contribution in [0.25, 0.3) is 6.08 Å². The monoisotopic (exact) mass is 803 g/mol. The van der Waals surface area contributed by atoms with Crippen molar-refractivity contribution >= 4 is 75.1 Å². The van der Waals surface area contributed by atoms with E-state index < -0.39 is 33.9 Å². The molecular formula is C42H37N5O8S2. The van der Waals surface area contributed by atoms with Gasteiger partial charge in [-0.2, -0.15) is 0 Å². The van der Waals surface area contributed by atoms with Crippen molar-refractivity contribution in [3.63, 3.8) is 0 Å². The molecule has 6 rings (SSSR count). The Morgan fingerprint density at radius 3 is 2.33 bits per heavy atom. The molecule has 1 aliphatic heterocycles. The molecule has 0 saturated heterocycles. The van der Waals surface area contributed by atoms with Gasteiger partial charge in [-0.1, -0.05) is 66.7 Å². The van der Waals surface area contributed by atoms with Gasteiger partial charge in [-0.3, -0.25) is 29.3 Å². The number of nitro groups is 1. The smallest absolute Gasteiger partial charge is 0.341 e. The Kier molecular flexibility index (Phi) is 12.9. The molecule has 2 heterocycles. The maximum Gasteiger partial charge on any atom is 0.341 e. The topological polar surface area (TPSA) is 177 Å². The van der Waals surface area contributed by atoms with E-state index in [1.165, 1.54) is 54.3 Å². The molecule has 3 N–H and O–H groups in total. The van der Waals surface area contributed by atoms with Gasteiger partial charge in [0.15, 0.2) is 0 Å². The van der Waals surface area contributed by atoms with Crippen LogP contribution < -0.4 is 16.0 Å². The second kappa shape index (κ2) is 18.4. The first-order chi connectivity index (χ1) is 27.5. The number of fused-ring (bicyclic) bond motifs is 1. The van der Waals surface area contributed by atoms with Crippen LogP contribution in [0.2, 0.25) is 0 Å². The summed E-state index contributed by atoms with van der Waals surface area (Å²) in [6.45, 7) is 4.11. The van der Waals surface area contributed by atoms with Crippen molar-refractivity contribution in [2.24, 2.45) is 0 Å². The standard InChI is InChI=1S/C42H37N5O8S2/c1-3-55-42(52)36-32-21-22-46(26(2)48)25-35(32)57-41(36)45-40(51)37(27-13-6-4-7-14-27)56-31-19-12-18-30(24-31)43-39(50)33(44-38(49)28-15-8-5-9-16-28)23-29-17-10-11-20-34(29)47(53)54/h4-20,23-24,37H,3,21-22,25H2,1-2H3,(H,43,50)(H,44,49)(H,45,51)/b33-23+. The van der Waals surface area contributed by atoms with Gasteiger partial charge in [0.2, 0.25) is 11.8 Å². The first-order valence-electron chi connectivity index (χ1n) is 17.8. The van der Waals surface area contributed by atoms with Crippen LogP contribution in [-0.4, -0.2) is 52.6 Å². The summed E-state index contributed by atoms with van der Waals surface area (Å²) in [6.07, 6.45) is 1.69. The first-order valence-corrected chi connectivity index (χ1v) is 19.5. The van der Waals surface area contributed by atoms with Crippen LogP contribution in [-0.2, 0) is 32.1 Å². The Hall–Kier alpha value is -6.58. The minimum absolute atomic E-state index is 0.0827. The van der Waals surface area contributed by atoms with E-state index in [4.69, 9.17) is 4.74 Å². The molecule has 0 spiro atoms. The quantitative estimate of drug-likeness (QED) is 0.0355. The van der Waals surface area contributed by atoms with E-state index in [0.717, 1.165) is 10.4 Å². The molecule has 0 saturated carbocycles. The minimum Gasteiger partial charge on any atom is -0.462 e. The fourth-order valence-corrected chi connectivity index (χ4v) is 8.45. The van der Waals surface area contributed by atoms with E-state index in [1.807, 2.05) is 30.3 Å². The van der Waals surface area contributed by atoms with Crippen molar-refractivity contribution in [3.05, 3.63) is 158 Å². The number of amides is 4. The zero-order valence-corrected chi connectivity index (χ0v) is 32.5. The predicted octanol–water partition coefficient (Wildman–Crippen LogP) is 7.62. The van der Waals surface area contributed by atoms with Crippen LogP contribution in [0, 0.1) is 10.1 Å². The number of esters is 1. The molecular weight excluding hydrogens is 767 g/mol. The van der Waals surface area contributed by atoms with Gasteiger partial charge in [0.05, 0.1) is 29.2 Å². The molecule has 15 heteroatoms. The zero-order valence-electron chi connectivity index (χ0n) is 30.9. The fraction of sp³-hybridized carbons (Fsp3) is 0.167. The molecule has 1 atom stereocenters. The molecule has 1 unspecified atom stereocenters. The summed E-state index contributed by atoms with van der Waals surface area (Å²) in [5.74, 6) is -2.38. The number of hydrogen-bond donors (Lipinski definition) is 3. The molecule has 290 valence electrons. The Bertz CT molecular complexity index is 2360. The number of nitro benzene ring substituents is 1. The lowest BCUT2D eigenvalue weighted by Crippen LogP contribution is -2.34. The number of hydrogen-bond acceptors (Lipinski definition) is 10. The lowest BCUT2D eigenvalue weighted by atomic mass is 10.0. The molecule has 5 aromatic rings. The van der Waals surface area contributed by atoms with Crippen LogP contribution in [0.3, 0.4) is 0 Å². The average molecular weight is 804 g/mol. The second-order valence-corrected chi connectivity index (χ2v) is 15.0. The number of para-hydroxylation sites is 1. The summed E-state index contributed by atoms with van der Waals surface area (Å²) in [5, 5.41) is 19.6. The Labute approximate surface area is 336 Å². The van der Waals surface area contributed by atoms with E-state index in [0.29, 0.717) is 46.2 Å². The molecule has 0 bridgehead atoms. The number of carbonyl (C=O) groups excluding carboxylic acids is 5. The van der Waals surface area contributed by atoms with Crippen molar-refractivity contribution in [1.29, 1.82) is 0 Å². The van der Waals surface area contributed by atoms with Gasteiger partial charge < -0.3 is 25.6 Å². The molecule has 0 aliphatic carbocycles. The number of nitrogens with one attached hydrogen (secondary N) is 3. The van der Waals surface area contributed by atoms with Crippen molar-refractivity contribution < 1.29 is 33.6 Å². The number of nitrogens with zero attached hydrogens (tertiary/aromatic N) is 2. The maximum atomic E-state index is 14.2. The van der Waals surface area contributed by atoms with Crippen LogP contribution in [0.1, 0.15) is 61.4 Å². The number of anilines is 2. The van der Waals surface area contributed by atoms with Crippen molar-refractivity contribution in [2.75, 3.05) is 23.8 Å². The van der Waals surface area contributed by atoms with Gasteiger partial charge in [-0.25, -0.2) is 4.79 Å². The molecule has 1 aliphatic rings. The summed E-state index contributed by atoms with van der Waals surface area (Å²) in [5.41, 5.74) is 1.94. The Morgan fingerprint density at radius 1 is 0.930 bits per heavy atom. The van der Waals surface area contributed by atoms with E-state index in [2.05, 4.69) is 16.0 Å². The second-order valence-electron chi connectivity index (χ2n) is 12.7. The molecule has 57 heavy (non-hydrogen) atoms. The molecule has 13 nitrogen and oxygen atoms in total. The Balaban J connectivity index is 1.27. The first kappa shape index (κ1) is 40.1. The highest BCUT2D eigenvalue weighted by molar-refractivity contribution is 8.00. The maximum absolute atomic E-state index is 14.2. The SMILES string of the molecule is CCOC(=O)c1c(NC(=O)C(Sc2cccc(NC(=O)/C(=C\c3ccccc3[N+](=O)[O-])NC(=O)c3ccccc3)c2)c2ccccc2)sc2c1CCN(C(C)=O)C2. The van der Waals surface area contributed by atoms with Gasteiger partial charge in [0.1, 0.15) is 15.9 Å². The minimum atomic E-state index is -0.820. The van der Waals surface area contributed by atoms with Gasteiger partial charge in [-0.15, -0.1) is 23.1 Å². The number of rotatable bonds is 13. The number of thiophene rings is 1. The Morgan fingerprint density at radius 2 is 1.63 bits per heavy atom. The highest BCUT2D eigenvalue weighted by Gasteiger charge is 2.32. The summed E-state index contributed by atoms with van der Waals surface area (Å²) in [4.78, 5) is 80.9. The highest BCUT2D eigenvalue weighted by atomic mass is 32.2. The van der Waals surface area contributed by atoms with Gasteiger partial charge in [0.25, 0.3) is 17.5 Å². The number of ether oxygens (including phenoxy) is 1. The van der Waals surface area contributed by atoms with Gasteiger partial charge >= 0.3 is 5.97 Å². The molecule has 4 amide bonds. The van der Waals surface area contributed by atoms with Crippen molar-refractivity contribution in [3.8, 4) is 0 Å². The summed E-state index contributed by atoms with van der Waals surface area (Å²) in [7, 11) is 0. The third-order valence-corrected chi connectivity index (χ3v) is 11.2. The molecule has 1 aromatic heterocycles. The van der Waals surface area contributed by atoms with E-state index in [-0.39, 0.29) is 35.0 Å². The van der Waals surface area contributed by atoms with Crippen LogP contribution in [0.5, 0.6) is 0 Å². The van der Waals surface area contributed by atoms with Crippen LogP contribution in [0.4, 0.5) is 16.4 Å². The van der Waals surface area contributed by atoms with Crippen LogP contribution in [0.15, 0.2) is 120 Å². The number of benzene rings is 4. The largest absolute Gasteiger partial charge is 0.462 e. The molecule has 0 radical (unpaired) electrons. The normalized spacial score (nSPS) is 12.8. The lowest BCUT2D eigenvalue weighted by molar-refractivity contribution is -0.385. The number of thioether (sulfide) groups is 1. The average Bonchev–Trinajstić information content (AvgIpc) is 3.57. The van der Waals surface area contributed by atoms with Crippen molar-refractivity contribution in [1.82, 2.24) is 10.2 Å². The van der Waals surface area contributed by atoms with E-state index in [9.17, 15) is 34.1 Å². The zero-order chi connectivity index (χ0) is 40.5. The third kappa shape index (κ3) is 9.81. The molecule has 0 fully saturated rings. The number of carbonyl (C=O) groups is 5. The lowest BCUT2D eigenvalue weighted by Gasteiger charge is -2.25. The van der Waals surface area contributed by atoms with Gasteiger partial charge in [-0.05, 0) is 66.9 Å². The summed E-state index contributed by atoms with van der Waals surface area (Å²) in [6, 6.07) is 29.9. The van der Waals surface area contributed by atoms with Crippen LogP contribution >= 0.6 is 23.1 Å². The van der Waals surface area contributed by atoms with Crippen molar-refractivity contribution in [2.45, 2.75) is 37.0 Å². The van der Waals surface area contributed by atoms with E-state index in [1.54, 1.807) is 72.5 Å².